The number of carbonyl (C=O) groups excluding carboxylic acids is 1. The Morgan fingerprint density at radius 1 is 1.33 bits per heavy atom. The number of amides is 1. The molecule has 2 unspecified atom stereocenters. The minimum absolute atomic E-state index is 0.0532. The van der Waals surface area contributed by atoms with Gasteiger partial charge in [-0.1, -0.05) is 5.16 Å². The van der Waals surface area contributed by atoms with E-state index in [0.717, 1.165) is 0 Å². The van der Waals surface area contributed by atoms with Crippen LogP contribution >= 0.6 is 0 Å². The van der Waals surface area contributed by atoms with E-state index in [1.54, 1.807) is 12.1 Å². The molecule has 0 spiro atoms. The summed E-state index contributed by atoms with van der Waals surface area (Å²) in [5.74, 6) is -1.50. The number of nitrogens with one attached hydrogen (secondary N) is 1. The van der Waals surface area contributed by atoms with Crippen molar-refractivity contribution in [2.75, 3.05) is 13.2 Å². The first-order valence-corrected chi connectivity index (χ1v) is 6.27. The van der Waals surface area contributed by atoms with Gasteiger partial charge in [-0.3, -0.25) is 9.59 Å². The number of aromatic nitrogens is 1. The molecule has 2 atom stereocenters. The fraction of sp³-hybridized carbons (Fsp3) is 0.308. The minimum atomic E-state index is -1.01. The van der Waals surface area contributed by atoms with Gasteiger partial charge in [0.1, 0.15) is 5.92 Å². The van der Waals surface area contributed by atoms with Crippen molar-refractivity contribution in [3.8, 4) is 11.5 Å². The first-order valence-electron chi connectivity index (χ1n) is 6.27. The lowest BCUT2D eigenvalue weighted by Crippen LogP contribution is -2.42. The number of carboxylic acids is 1. The fourth-order valence-electron chi connectivity index (χ4n) is 2.10. The topological polar surface area (TPSA) is 115 Å². The Bertz CT molecular complexity index is 647. The van der Waals surface area contributed by atoms with E-state index in [-0.39, 0.29) is 18.9 Å². The number of furan rings is 1. The second-order valence-electron chi connectivity index (χ2n) is 4.62. The van der Waals surface area contributed by atoms with Gasteiger partial charge in [-0.2, -0.15) is 0 Å². The molecule has 2 aromatic heterocycles. The van der Waals surface area contributed by atoms with Gasteiger partial charge in [0.2, 0.25) is 5.76 Å². The fourth-order valence-corrected chi connectivity index (χ4v) is 2.10. The number of ether oxygens (including phenoxy) is 1. The molecule has 2 aromatic rings. The highest BCUT2D eigenvalue weighted by Crippen LogP contribution is 2.21. The van der Waals surface area contributed by atoms with Crippen LogP contribution in [0.15, 0.2) is 33.4 Å². The Balaban J connectivity index is 1.70. The molecule has 1 aliphatic rings. The van der Waals surface area contributed by atoms with Crippen LogP contribution in [0.25, 0.3) is 11.5 Å². The van der Waals surface area contributed by atoms with Crippen molar-refractivity contribution in [1.29, 1.82) is 0 Å². The zero-order valence-electron chi connectivity index (χ0n) is 10.8. The number of hydrogen-bond acceptors (Lipinski definition) is 6. The summed E-state index contributed by atoms with van der Waals surface area (Å²) in [5, 5.41) is 15.3. The van der Waals surface area contributed by atoms with E-state index >= 15 is 0 Å². The standard InChI is InChI=1S/C13H12N2O6/c16-12(14-9-6-19-5-7(9)13(17)18)8-4-11(21-15-8)10-2-1-3-20-10/h1-4,7,9H,5-6H2,(H,14,16)(H,17,18). The quantitative estimate of drug-likeness (QED) is 0.854. The summed E-state index contributed by atoms with van der Waals surface area (Å²) in [6, 6.07) is 4.21. The van der Waals surface area contributed by atoms with Crippen LogP contribution in [0.3, 0.4) is 0 Å². The predicted octanol–water partition coefficient (Wildman–Crippen LogP) is 0.764. The molecule has 110 valence electrons. The SMILES string of the molecule is O=C(NC1COCC1C(=O)O)c1cc(-c2ccco2)on1. The van der Waals surface area contributed by atoms with E-state index in [2.05, 4.69) is 10.5 Å². The van der Waals surface area contributed by atoms with E-state index in [4.69, 9.17) is 18.8 Å². The summed E-state index contributed by atoms with van der Waals surface area (Å²) in [6.45, 7) is 0.238. The monoisotopic (exact) mass is 292 g/mol. The van der Waals surface area contributed by atoms with Gasteiger partial charge in [-0.25, -0.2) is 0 Å². The zero-order valence-corrected chi connectivity index (χ0v) is 10.8. The van der Waals surface area contributed by atoms with Crippen LogP contribution in [0.5, 0.6) is 0 Å². The van der Waals surface area contributed by atoms with Crippen molar-refractivity contribution in [1.82, 2.24) is 10.5 Å². The molecule has 8 nitrogen and oxygen atoms in total. The number of aliphatic carboxylic acids is 1. The van der Waals surface area contributed by atoms with Crippen LogP contribution in [0.4, 0.5) is 0 Å². The van der Waals surface area contributed by atoms with Crippen molar-refractivity contribution in [2.24, 2.45) is 5.92 Å². The average Bonchev–Trinajstić information content (AvgIpc) is 3.19. The van der Waals surface area contributed by atoms with Gasteiger partial charge in [0, 0.05) is 6.07 Å². The molecule has 0 aliphatic carbocycles. The van der Waals surface area contributed by atoms with E-state index in [1.165, 1.54) is 12.3 Å². The van der Waals surface area contributed by atoms with Crippen LogP contribution < -0.4 is 5.32 Å². The average molecular weight is 292 g/mol. The van der Waals surface area contributed by atoms with Crippen LogP contribution in [-0.4, -0.2) is 41.4 Å². The molecule has 1 aliphatic heterocycles. The molecule has 0 bridgehead atoms. The van der Waals surface area contributed by atoms with Crippen molar-refractivity contribution in [3.63, 3.8) is 0 Å². The number of rotatable bonds is 4. The number of nitrogens with zero attached hydrogens (tertiary/aromatic N) is 1. The summed E-state index contributed by atoms with van der Waals surface area (Å²) in [5.41, 5.74) is 0.0532. The summed E-state index contributed by atoms with van der Waals surface area (Å²) >= 11 is 0. The smallest absolute Gasteiger partial charge is 0.311 e. The Kier molecular flexibility index (Phi) is 3.44. The van der Waals surface area contributed by atoms with Crippen LogP contribution in [0.2, 0.25) is 0 Å². The van der Waals surface area contributed by atoms with Crippen molar-refractivity contribution < 1.29 is 28.4 Å². The van der Waals surface area contributed by atoms with Gasteiger partial charge in [0.25, 0.3) is 5.91 Å². The summed E-state index contributed by atoms with van der Waals surface area (Å²) in [6.07, 6.45) is 1.48. The van der Waals surface area contributed by atoms with Gasteiger partial charge >= 0.3 is 5.97 Å². The van der Waals surface area contributed by atoms with Crippen LogP contribution in [0.1, 0.15) is 10.5 Å². The van der Waals surface area contributed by atoms with Crippen molar-refractivity contribution >= 4 is 11.9 Å². The van der Waals surface area contributed by atoms with Crippen LogP contribution in [-0.2, 0) is 9.53 Å². The van der Waals surface area contributed by atoms with Gasteiger partial charge in [-0.15, -0.1) is 0 Å². The Labute approximate surface area is 118 Å². The molecule has 2 N–H and O–H groups in total. The molecule has 1 fully saturated rings. The van der Waals surface area contributed by atoms with Gasteiger partial charge in [0.15, 0.2) is 11.5 Å². The van der Waals surface area contributed by atoms with Crippen molar-refractivity contribution in [2.45, 2.75) is 6.04 Å². The lowest BCUT2D eigenvalue weighted by Gasteiger charge is -2.14. The first kappa shape index (κ1) is 13.4. The molecule has 8 heteroatoms. The van der Waals surface area contributed by atoms with Gasteiger partial charge in [-0.05, 0) is 12.1 Å². The summed E-state index contributed by atoms with van der Waals surface area (Å²) < 4.78 is 15.2. The molecular formula is C13H12N2O6. The zero-order chi connectivity index (χ0) is 14.8. The number of carboxylic acid groups (broad SMARTS) is 1. The largest absolute Gasteiger partial charge is 0.481 e. The normalized spacial score (nSPS) is 21.3. The first-order chi connectivity index (χ1) is 10.1. The minimum Gasteiger partial charge on any atom is -0.481 e. The maximum absolute atomic E-state index is 12.0. The van der Waals surface area contributed by atoms with E-state index in [9.17, 15) is 9.59 Å². The second-order valence-corrected chi connectivity index (χ2v) is 4.62. The predicted molar refractivity (Wildman–Crippen MR) is 67.4 cm³/mol. The maximum Gasteiger partial charge on any atom is 0.311 e. The number of carbonyl (C=O) groups is 2. The Morgan fingerprint density at radius 2 is 2.19 bits per heavy atom. The molecule has 0 saturated carbocycles. The Morgan fingerprint density at radius 3 is 2.90 bits per heavy atom. The summed E-state index contributed by atoms with van der Waals surface area (Å²) in [4.78, 5) is 23.1. The molecule has 0 aromatic carbocycles. The van der Waals surface area contributed by atoms with E-state index < -0.39 is 23.8 Å². The van der Waals surface area contributed by atoms with Crippen molar-refractivity contribution in [3.05, 3.63) is 30.2 Å². The molecule has 21 heavy (non-hydrogen) atoms. The molecule has 3 rings (SSSR count). The lowest BCUT2D eigenvalue weighted by atomic mass is 10.0. The highest BCUT2D eigenvalue weighted by Gasteiger charge is 2.35. The highest BCUT2D eigenvalue weighted by molar-refractivity contribution is 5.93. The summed E-state index contributed by atoms with van der Waals surface area (Å²) in [7, 11) is 0. The van der Waals surface area contributed by atoms with Crippen LogP contribution in [0, 0.1) is 5.92 Å². The maximum atomic E-state index is 12.0. The molecule has 1 saturated heterocycles. The van der Waals surface area contributed by atoms with E-state index in [0.29, 0.717) is 11.5 Å². The Hall–Kier alpha value is -2.61. The molecule has 3 heterocycles. The molecular weight excluding hydrogens is 280 g/mol. The third-order valence-electron chi connectivity index (χ3n) is 3.22. The van der Waals surface area contributed by atoms with E-state index in [1.807, 2.05) is 0 Å². The lowest BCUT2D eigenvalue weighted by molar-refractivity contribution is -0.142. The second kappa shape index (κ2) is 5.41. The molecule has 1 amide bonds. The third-order valence-corrected chi connectivity index (χ3v) is 3.22. The third kappa shape index (κ3) is 2.65. The highest BCUT2D eigenvalue weighted by atomic mass is 16.5. The molecule has 0 radical (unpaired) electrons. The van der Waals surface area contributed by atoms with Gasteiger partial charge < -0.3 is 24.1 Å². The van der Waals surface area contributed by atoms with Gasteiger partial charge in [0.05, 0.1) is 25.5 Å². The number of hydrogen-bond donors (Lipinski definition) is 2.